The number of benzene rings is 1. The molecule has 0 amide bonds. The van der Waals surface area contributed by atoms with E-state index in [2.05, 4.69) is 9.80 Å². The minimum atomic E-state index is -4.35. The number of nitrogen functional groups attached to an aromatic ring is 1. The summed E-state index contributed by atoms with van der Waals surface area (Å²) in [6, 6.07) is 3.94. The molecule has 0 aromatic heterocycles. The van der Waals surface area contributed by atoms with E-state index >= 15 is 0 Å². The number of rotatable bonds is 3. The van der Waals surface area contributed by atoms with Crippen molar-refractivity contribution >= 4 is 11.4 Å². The van der Waals surface area contributed by atoms with Gasteiger partial charge < -0.3 is 15.5 Å². The van der Waals surface area contributed by atoms with Crippen molar-refractivity contribution < 1.29 is 13.2 Å². The van der Waals surface area contributed by atoms with Crippen LogP contribution >= 0.6 is 0 Å². The van der Waals surface area contributed by atoms with Gasteiger partial charge in [-0.25, -0.2) is 0 Å². The van der Waals surface area contributed by atoms with Gasteiger partial charge in [0.2, 0.25) is 0 Å². The van der Waals surface area contributed by atoms with E-state index in [0.29, 0.717) is 11.7 Å². The lowest BCUT2D eigenvalue weighted by atomic mass is 10.1. The summed E-state index contributed by atoms with van der Waals surface area (Å²) in [5.41, 5.74) is 6.05. The van der Waals surface area contributed by atoms with Gasteiger partial charge in [0.1, 0.15) is 0 Å². The molecule has 2 N–H and O–H groups in total. The Morgan fingerprint density at radius 3 is 2.60 bits per heavy atom. The summed E-state index contributed by atoms with van der Waals surface area (Å²) in [5, 5.41) is 0. The molecule has 112 valence electrons. The number of likely N-dealkylation sites (N-methyl/N-ethyl adjacent to an activating group) is 1. The molecule has 1 unspecified atom stereocenters. The molecule has 1 aromatic carbocycles. The smallest absolute Gasteiger partial charge is 0.397 e. The maximum Gasteiger partial charge on any atom is 0.416 e. The second-order valence-electron chi connectivity index (χ2n) is 5.52. The Bertz CT molecular complexity index is 471. The molecule has 0 saturated carbocycles. The largest absolute Gasteiger partial charge is 0.416 e. The Kier molecular flexibility index (Phi) is 4.13. The molecule has 6 heteroatoms. The van der Waals surface area contributed by atoms with Crippen molar-refractivity contribution in [1.82, 2.24) is 4.90 Å². The molecule has 1 saturated heterocycles. The summed E-state index contributed by atoms with van der Waals surface area (Å²) in [6.45, 7) is 1.72. The van der Waals surface area contributed by atoms with Crippen LogP contribution in [0.2, 0.25) is 0 Å². The van der Waals surface area contributed by atoms with Gasteiger partial charge in [0, 0.05) is 19.1 Å². The van der Waals surface area contributed by atoms with Crippen molar-refractivity contribution in [2.75, 3.05) is 37.8 Å². The van der Waals surface area contributed by atoms with Crippen molar-refractivity contribution in [3.05, 3.63) is 23.8 Å². The quantitative estimate of drug-likeness (QED) is 0.868. The fourth-order valence-electron chi connectivity index (χ4n) is 2.76. The van der Waals surface area contributed by atoms with Crippen LogP contribution in [0, 0.1) is 0 Å². The van der Waals surface area contributed by atoms with Gasteiger partial charge in [-0.05, 0) is 45.1 Å². The molecule has 0 radical (unpaired) electrons. The van der Waals surface area contributed by atoms with Crippen LogP contribution in [0.5, 0.6) is 0 Å². The number of hydrogen-bond acceptors (Lipinski definition) is 3. The summed E-state index contributed by atoms with van der Waals surface area (Å²) in [5.74, 6) is 0. The van der Waals surface area contributed by atoms with E-state index in [4.69, 9.17) is 5.73 Å². The van der Waals surface area contributed by atoms with Gasteiger partial charge in [0.05, 0.1) is 16.9 Å². The zero-order valence-corrected chi connectivity index (χ0v) is 11.7. The van der Waals surface area contributed by atoms with Crippen molar-refractivity contribution in [3.63, 3.8) is 0 Å². The van der Waals surface area contributed by atoms with Gasteiger partial charge >= 0.3 is 6.18 Å². The highest BCUT2D eigenvalue weighted by atomic mass is 19.4. The number of alkyl halides is 3. The lowest BCUT2D eigenvalue weighted by Gasteiger charge is -2.30. The van der Waals surface area contributed by atoms with Crippen molar-refractivity contribution in [2.45, 2.75) is 25.1 Å². The highest BCUT2D eigenvalue weighted by molar-refractivity contribution is 5.69. The standard InChI is InChI=1S/C14H20F3N3/c1-19(2)9-11-4-3-7-20(11)13-6-5-10(8-12(13)18)14(15,16)17/h5-6,8,11H,3-4,7,9,18H2,1-2H3. The van der Waals surface area contributed by atoms with E-state index in [0.717, 1.165) is 38.1 Å². The van der Waals surface area contributed by atoms with Gasteiger partial charge in [-0.1, -0.05) is 0 Å². The predicted octanol–water partition coefficient (Wildman–Crippen LogP) is 2.82. The molecule has 20 heavy (non-hydrogen) atoms. The SMILES string of the molecule is CN(C)CC1CCCN1c1ccc(C(F)(F)F)cc1N. The Hall–Kier alpha value is -1.43. The Morgan fingerprint density at radius 2 is 2.05 bits per heavy atom. The molecular formula is C14H20F3N3. The first-order valence-corrected chi connectivity index (χ1v) is 6.67. The lowest BCUT2D eigenvalue weighted by Crippen LogP contribution is -2.37. The second-order valence-corrected chi connectivity index (χ2v) is 5.52. The molecule has 1 aliphatic rings. The molecule has 2 rings (SSSR count). The molecule has 3 nitrogen and oxygen atoms in total. The third-order valence-electron chi connectivity index (χ3n) is 3.62. The van der Waals surface area contributed by atoms with E-state index in [1.807, 2.05) is 14.1 Å². The molecule has 1 aliphatic heterocycles. The van der Waals surface area contributed by atoms with E-state index < -0.39 is 11.7 Å². The summed E-state index contributed by atoms with van der Waals surface area (Å²) in [7, 11) is 3.99. The number of halogens is 3. The molecule has 1 heterocycles. The molecule has 0 bridgehead atoms. The van der Waals surface area contributed by atoms with Crippen LogP contribution in [0.3, 0.4) is 0 Å². The third kappa shape index (κ3) is 3.17. The summed E-state index contributed by atoms with van der Waals surface area (Å²) >= 11 is 0. The highest BCUT2D eigenvalue weighted by Crippen LogP contribution is 2.36. The van der Waals surface area contributed by atoms with E-state index in [1.165, 1.54) is 6.07 Å². The first-order chi connectivity index (χ1) is 9.29. The van der Waals surface area contributed by atoms with Gasteiger partial charge in [-0.2, -0.15) is 13.2 Å². The monoisotopic (exact) mass is 287 g/mol. The summed E-state index contributed by atoms with van der Waals surface area (Å²) in [4.78, 5) is 4.21. The van der Waals surface area contributed by atoms with Gasteiger partial charge in [-0.3, -0.25) is 0 Å². The van der Waals surface area contributed by atoms with E-state index in [9.17, 15) is 13.2 Å². The van der Waals surface area contributed by atoms with E-state index in [-0.39, 0.29) is 5.69 Å². The van der Waals surface area contributed by atoms with E-state index in [1.54, 1.807) is 0 Å². The number of anilines is 2. The molecular weight excluding hydrogens is 267 g/mol. The number of nitrogens with zero attached hydrogens (tertiary/aromatic N) is 2. The molecule has 0 aliphatic carbocycles. The van der Waals surface area contributed by atoms with Crippen LogP contribution in [0.4, 0.5) is 24.5 Å². The predicted molar refractivity (Wildman–Crippen MR) is 74.8 cm³/mol. The second kappa shape index (κ2) is 5.52. The van der Waals surface area contributed by atoms with Crippen molar-refractivity contribution in [1.29, 1.82) is 0 Å². The minimum absolute atomic E-state index is 0.200. The Labute approximate surface area is 117 Å². The molecule has 1 aromatic rings. The molecule has 1 fully saturated rings. The first-order valence-electron chi connectivity index (χ1n) is 6.67. The number of nitrogens with two attached hydrogens (primary N) is 1. The van der Waals surface area contributed by atoms with Crippen LogP contribution < -0.4 is 10.6 Å². The zero-order chi connectivity index (χ0) is 14.9. The Balaban J connectivity index is 2.24. The normalized spacial score (nSPS) is 19.9. The fraction of sp³-hybridized carbons (Fsp3) is 0.571. The average Bonchev–Trinajstić information content (AvgIpc) is 2.74. The maximum absolute atomic E-state index is 12.6. The van der Waals surface area contributed by atoms with Crippen LogP contribution in [0.1, 0.15) is 18.4 Å². The van der Waals surface area contributed by atoms with Crippen LogP contribution in [0.25, 0.3) is 0 Å². The van der Waals surface area contributed by atoms with Gasteiger partial charge in [0.25, 0.3) is 0 Å². The van der Waals surface area contributed by atoms with Gasteiger partial charge in [0.15, 0.2) is 0 Å². The molecule has 0 spiro atoms. The van der Waals surface area contributed by atoms with Crippen LogP contribution in [0.15, 0.2) is 18.2 Å². The van der Waals surface area contributed by atoms with Crippen LogP contribution in [-0.2, 0) is 6.18 Å². The lowest BCUT2D eigenvalue weighted by molar-refractivity contribution is -0.137. The highest BCUT2D eigenvalue weighted by Gasteiger charge is 2.32. The summed E-state index contributed by atoms with van der Waals surface area (Å²) < 4.78 is 37.9. The molecule has 1 atom stereocenters. The number of hydrogen-bond donors (Lipinski definition) is 1. The zero-order valence-electron chi connectivity index (χ0n) is 11.7. The van der Waals surface area contributed by atoms with Crippen molar-refractivity contribution in [2.24, 2.45) is 0 Å². The third-order valence-corrected chi connectivity index (χ3v) is 3.62. The van der Waals surface area contributed by atoms with Crippen LogP contribution in [-0.4, -0.2) is 38.1 Å². The average molecular weight is 287 g/mol. The summed E-state index contributed by atoms with van der Waals surface area (Å²) in [6.07, 6.45) is -2.27. The minimum Gasteiger partial charge on any atom is -0.397 e. The first kappa shape index (κ1) is 15.0. The topological polar surface area (TPSA) is 32.5 Å². The maximum atomic E-state index is 12.6. The Morgan fingerprint density at radius 1 is 1.35 bits per heavy atom. The van der Waals surface area contributed by atoms with Crippen molar-refractivity contribution in [3.8, 4) is 0 Å². The fourth-order valence-corrected chi connectivity index (χ4v) is 2.76. The van der Waals surface area contributed by atoms with Gasteiger partial charge in [-0.15, -0.1) is 0 Å².